The molecule has 130 valence electrons. The van der Waals surface area contributed by atoms with Gasteiger partial charge in [0.2, 0.25) is 0 Å². The summed E-state index contributed by atoms with van der Waals surface area (Å²) >= 11 is 0. The molecule has 0 bridgehead atoms. The first-order chi connectivity index (χ1) is 10.2. The van der Waals surface area contributed by atoms with Crippen LogP contribution in [0.25, 0.3) is 0 Å². The van der Waals surface area contributed by atoms with Crippen LogP contribution in [-0.4, -0.2) is 5.78 Å². The summed E-state index contributed by atoms with van der Waals surface area (Å²) in [4.78, 5) is 12.9. The van der Waals surface area contributed by atoms with Crippen molar-refractivity contribution in [2.24, 2.45) is 16.7 Å². The predicted octanol–water partition coefficient (Wildman–Crippen LogP) is 6.19. The van der Waals surface area contributed by atoms with Crippen molar-refractivity contribution in [1.82, 2.24) is 0 Å². The van der Waals surface area contributed by atoms with E-state index in [9.17, 15) is 4.79 Å². The Kier molecular flexibility index (Phi) is 5.88. The van der Waals surface area contributed by atoms with E-state index >= 15 is 0 Å². The molecule has 0 fully saturated rings. The van der Waals surface area contributed by atoms with Crippen LogP contribution < -0.4 is 0 Å². The van der Waals surface area contributed by atoms with Crippen molar-refractivity contribution in [3.63, 3.8) is 0 Å². The molecule has 0 aliphatic rings. The Balaban J connectivity index is 2.99. The van der Waals surface area contributed by atoms with Crippen molar-refractivity contribution in [1.29, 1.82) is 0 Å². The monoisotopic (exact) mass is 316 g/mol. The van der Waals surface area contributed by atoms with Crippen LogP contribution in [-0.2, 0) is 16.6 Å². The van der Waals surface area contributed by atoms with Gasteiger partial charge >= 0.3 is 0 Å². The lowest BCUT2D eigenvalue weighted by atomic mass is 9.73. The second-order valence-electron chi connectivity index (χ2n) is 10.2. The summed E-state index contributed by atoms with van der Waals surface area (Å²) in [6.45, 7) is 19.5. The highest BCUT2D eigenvalue weighted by Gasteiger charge is 2.32. The highest BCUT2D eigenvalue weighted by atomic mass is 16.1. The Morgan fingerprint density at radius 1 is 0.870 bits per heavy atom. The molecule has 0 aliphatic heterocycles. The molecule has 1 rings (SSSR count). The molecule has 1 heteroatoms. The van der Waals surface area contributed by atoms with Crippen molar-refractivity contribution in [2.75, 3.05) is 0 Å². The minimum Gasteiger partial charge on any atom is -0.299 e. The van der Waals surface area contributed by atoms with Crippen LogP contribution >= 0.6 is 0 Å². The molecule has 0 aromatic heterocycles. The highest BCUT2D eigenvalue weighted by molar-refractivity contribution is 5.86. The standard InChI is InChI=1S/C22H36O/c1-20(2,3)15-17(19(23)22(7,8)9)14-16-10-12-18(13-11-16)21(4,5)6/h10-13,17H,14-15H2,1-9H3/t17-/m1/s1. The van der Waals surface area contributed by atoms with Crippen molar-refractivity contribution < 1.29 is 4.79 Å². The molecule has 1 aromatic rings. The van der Waals surface area contributed by atoms with E-state index in [1.165, 1.54) is 11.1 Å². The smallest absolute Gasteiger partial charge is 0.141 e. The summed E-state index contributed by atoms with van der Waals surface area (Å²) in [5.74, 6) is 0.475. The molecule has 1 aromatic carbocycles. The third kappa shape index (κ3) is 6.49. The maximum absolute atomic E-state index is 12.9. The van der Waals surface area contributed by atoms with Crippen LogP contribution in [0.1, 0.15) is 79.9 Å². The Bertz CT molecular complexity index is 515. The van der Waals surface area contributed by atoms with Gasteiger partial charge in [0.25, 0.3) is 0 Å². The first-order valence-electron chi connectivity index (χ1n) is 8.84. The van der Waals surface area contributed by atoms with Gasteiger partial charge in [-0.25, -0.2) is 0 Å². The average molecular weight is 317 g/mol. The van der Waals surface area contributed by atoms with E-state index in [0.717, 1.165) is 12.8 Å². The van der Waals surface area contributed by atoms with Crippen molar-refractivity contribution >= 4 is 5.78 Å². The van der Waals surface area contributed by atoms with Crippen LogP contribution in [0.3, 0.4) is 0 Å². The summed E-state index contributed by atoms with van der Waals surface area (Å²) in [5, 5.41) is 0. The largest absolute Gasteiger partial charge is 0.299 e. The zero-order valence-electron chi connectivity index (χ0n) is 16.7. The summed E-state index contributed by atoms with van der Waals surface area (Å²) in [6, 6.07) is 8.83. The third-order valence-corrected chi connectivity index (χ3v) is 4.27. The fourth-order valence-corrected chi connectivity index (χ4v) is 3.03. The van der Waals surface area contributed by atoms with Crippen LogP contribution in [0.2, 0.25) is 0 Å². The number of rotatable bonds is 4. The molecule has 0 N–H and O–H groups in total. The van der Waals surface area contributed by atoms with Gasteiger partial charge in [-0.15, -0.1) is 0 Å². The van der Waals surface area contributed by atoms with Gasteiger partial charge in [0.15, 0.2) is 0 Å². The molecular formula is C22H36O. The third-order valence-electron chi connectivity index (χ3n) is 4.27. The summed E-state index contributed by atoms with van der Waals surface area (Å²) < 4.78 is 0. The van der Waals surface area contributed by atoms with Gasteiger partial charge in [-0.05, 0) is 34.8 Å². The van der Waals surface area contributed by atoms with Crippen molar-refractivity contribution in [3.05, 3.63) is 35.4 Å². The molecular weight excluding hydrogens is 280 g/mol. The maximum Gasteiger partial charge on any atom is 0.141 e. The highest BCUT2D eigenvalue weighted by Crippen LogP contribution is 2.33. The molecule has 0 heterocycles. The van der Waals surface area contributed by atoms with Crippen LogP contribution in [0.5, 0.6) is 0 Å². The second-order valence-corrected chi connectivity index (χ2v) is 10.2. The van der Waals surface area contributed by atoms with E-state index in [1.54, 1.807) is 0 Å². The number of Topliss-reactive ketones (excluding diaryl/α,β-unsaturated/α-hetero) is 1. The van der Waals surface area contributed by atoms with Crippen LogP contribution in [0, 0.1) is 16.7 Å². The summed E-state index contributed by atoms with van der Waals surface area (Å²) in [7, 11) is 0. The first kappa shape index (κ1) is 19.9. The quantitative estimate of drug-likeness (QED) is 0.647. The Hall–Kier alpha value is -1.11. The zero-order chi connectivity index (χ0) is 18.1. The van der Waals surface area contributed by atoms with E-state index in [4.69, 9.17) is 0 Å². The normalized spacial score (nSPS) is 14.7. The number of ketones is 1. The summed E-state index contributed by atoms with van der Waals surface area (Å²) in [6.07, 6.45) is 1.78. The Labute approximate surface area is 143 Å². The molecule has 0 amide bonds. The van der Waals surface area contributed by atoms with Gasteiger partial charge < -0.3 is 0 Å². The molecule has 0 saturated heterocycles. The van der Waals surface area contributed by atoms with Crippen LogP contribution in [0.15, 0.2) is 24.3 Å². The maximum atomic E-state index is 12.9. The molecule has 0 radical (unpaired) electrons. The average Bonchev–Trinajstić information content (AvgIpc) is 2.34. The topological polar surface area (TPSA) is 17.1 Å². The van der Waals surface area contributed by atoms with Gasteiger partial charge in [-0.3, -0.25) is 4.79 Å². The minimum atomic E-state index is -0.277. The second kappa shape index (κ2) is 6.79. The number of benzene rings is 1. The zero-order valence-corrected chi connectivity index (χ0v) is 16.7. The number of hydrogen-bond acceptors (Lipinski definition) is 1. The fraction of sp³-hybridized carbons (Fsp3) is 0.682. The number of carbonyl (C=O) groups excluding carboxylic acids is 1. The van der Waals surface area contributed by atoms with Gasteiger partial charge in [-0.2, -0.15) is 0 Å². The molecule has 0 saturated carbocycles. The van der Waals surface area contributed by atoms with Crippen LogP contribution in [0.4, 0.5) is 0 Å². The predicted molar refractivity (Wildman–Crippen MR) is 101 cm³/mol. The molecule has 0 unspecified atom stereocenters. The minimum absolute atomic E-state index is 0.0930. The van der Waals surface area contributed by atoms with E-state index in [2.05, 4.69) is 65.8 Å². The fourth-order valence-electron chi connectivity index (χ4n) is 3.03. The van der Waals surface area contributed by atoms with Gasteiger partial charge in [-0.1, -0.05) is 86.6 Å². The first-order valence-corrected chi connectivity index (χ1v) is 8.84. The lowest BCUT2D eigenvalue weighted by molar-refractivity contribution is -0.131. The molecule has 1 atom stereocenters. The van der Waals surface area contributed by atoms with E-state index in [1.807, 2.05) is 20.8 Å². The SMILES string of the molecule is CC(C)(C)C[C@@H](Cc1ccc(C(C)(C)C)cc1)C(=O)C(C)(C)C. The van der Waals surface area contributed by atoms with E-state index in [-0.39, 0.29) is 22.2 Å². The Morgan fingerprint density at radius 2 is 1.35 bits per heavy atom. The molecule has 0 aliphatic carbocycles. The molecule has 23 heavy (non-hydrogen) atoms. The molecule has 1 nitrogen and oxygen atoms in total. The van der Waals surface area contributed by atoms with E-state index < -0.39 is 0 Å². The molecule has 0 spiro atoms. The number of carbonyl (C=O) groups is 1. The van der Waals surface area contributed by atoms with Gasteiger partial charge in [0.05, 0.1) is 0 Å². The van der Waals surface area contributed by atoms with Crippen molar-refractivity contribution in [2.45, 2.75) is 80.6 Å². The lowest BCUT2D eigenvalue weighted by Crippen LogP contribution is -2.32. The summed E-state index contributed by atoms with van der Waals surface area (Å²) in [5.41, 5.74) is 2.67. The Morgan fingerprint density at radius 3 is 1.70 bits per heavy atom. The lowest BCUT2D eigenvalue weighted by Gasteiger charge is -2.30. The van der Waals surface area contributed by atoms with Gasteiger partial charge in [0, 0.05) is 11.3 Å². The number of hydrogen-bond donors (Lipinski definition) is 0. The van der Waals surface area contributed by atoms with Gasteiger partial charge in [0.1, 0.15) is 5.78 Å². The van der Waals surface area contributed by atoms with E-state index in [0.29, 0.717) is 5.78 Å². The van der Waals surface area contributed by atoms with Crippen molar-refractivity contribution in [3.8, 4) is 0 Å².